The molecule has 0 fully saturated rings. The number of likely N-dealkylation sites (N-methyl/N-ethyl adjacent to an activating group) is 1. The van der Waals surface area contributed by atoms with Gasteiger partial charge in [-0.25, -0.2) is 8.78 Å². The van der Waals surface area contributed by atoms with Crippen molar-refractivity contribution >= 4 is 11.8 Å². The number of halogens is 2. The summed E-state index contributed by atoms with van der Waals surface area (Å²) in [6.07, 6.45) is 3.27. The van der Waals surface area contributed by atoms with Crippen LogP contribution in [0.4, 0.5) is 8.78 Å². The fourth-order valence-electron chi connectivity index (χ4n) is 2.39. The maximum atomic E-state index is 13.5. The lowest BCUT2D eigenvalue weighted by atomic mass is 10.1. The molecule has 1 aromatic carbocycles. The molecule has 0 saturated heterocycles. The first-order valence-electron chi connectivity index (χ1n) is 7.84. The van der Waals surface area contributed by atoms with Crippen LogP contribution in [0.2, 0.25) is 0 Å². The van der Waals surface area contributed by atoms with Crippen LogP contribution >= 0.6 is 0 Å². The Kier molecular flexibility index (Phi) is 6.21. The zero-order chi connectivity index (χ0) is 18.4. The number of carbonyl (C=O) groups is 2. The van der Waals surface area contributed by atoms with Crippen LogP contribution in [0.15, 0.2) is 36.7 Å². The van der Waals surface area contributed by atoms with Crippen LogP contribution in [0, 0.1) is 11.6 Å². The highest BCUT2D eigenvalue weighted by Gasteiger charge is 2.21. The summed E-state index contributed by atoms with van der Waals surface area (Å²) in [7, 11) is 1.51. The number of hydrogen-bond donors (Lipinski definition) is 1. The predicted molar refractivity (Wildman–Crippen MR) is 87.6 cm³/mol. The van der Waals surface area contributed by atoms with Gasteiger partial charge in [0.1, 0.15) is 17.7 Å². The van der Waals surface area contributed by atoms with E-state index < -0.39 is 23.6 Å². The van der Waals surface area contributed by atoms with E-state index in [0.717, 1.165) is 0 Å². The van der Waals surface area contributed by atoms with Gasteiger partial charge in [0, 0.05) is 31.5 Å². The molecule has 25 heavy (non-hydrogen) atoms. The summed E-state index contributed by atoms with van der Waals surface area (Å²) in [4.78, 5) is 25.4. The minimum absolute atomic E-state index is 0.0333. The van der Waals surface area contributed by atoms with Crippen LogP contribution in [-0.2, 0) is 16.0 Å². The lowest BCUT2D eigenvalue weighted by Gasteiger charge is -2.21. The first-order valence-corrected chi connectivity index (χ1v) is 7.84. The summed E-state index contributed by atoms with van der Waals surface area (Å²) in [6.45, 7) is 1.61. The molecule has 2 aromatic rings. The molecule has 1 atom stereocenters. The van der Waals surface area contributed by atoms with Gasteiger partial charge in [0.15, 0.2) is 0 Å². The standard InChI is InChI=1S/C17H20F2N4O2/c1-12(23-10-4-8-21-23)17(25)22(2)11-16(24)20-9-7-13-14(18)5-3-6-15(13)19/h3-6,8,10,12H,7,9,11H2,1-2H3,(H,20,24). The van der Waals surface area contributed by atoms with E-state index >= 15 is 0 Å². The van der Waals surface area contributed by atoms with Crippen molar-refractivity contribution in [2.24, 2.45) is 0 Å². The first-order chi connectivity index (χ1) is 11.9. The van der Waals surface area contributed by atoms with Crippen molar-refractivity contribution in [3.05, 3.63) is 53.9 Å². The van der Waals surface area contributed by atoms with Gasteiger partial charge < -0.3 is 10.2 Å². The molecule has 6 nitrogen and oxygen atoms in total. The molecule has 8 heteroatoms. The molecule has 0 aliphatic carbocycles. The summed E-state index contributed by atoms with van der Waals surface area (Å²) in [5.41, 5.74) is -0.0699. The summed E-state index contributed by atoms with van der Waals surface area (Å²) in [5.74, 6) is -1.96. The molecule has 0 aliphatic rings. The van der Waals surface area contributed by atoms with Crippen LogP contribution in [0.1, 0.15) is 18.5 Å². The lowest BCUT2D eigenvalue weighted by Crippen LogP contribution is -2.41. The SMILES string of the molecule is CC(C(=O)N(C)CC(=O)NCCc1c(F)cccc1F)n1cccn1. The second-order valence-corrected chi connectivity index (χ2v) is 5.66. The second-order valence-electron chi connectivity index (χ2n) is 5.66. The molecule has 1 aromatic heterocycles. The van der Waals surface area contributed by atoms with Crippen molar-refractivity contribution in [1.82, 2.24) is 20.0 Å². The fraction of sp³-hybridized carbons (Fsp3) is 0.353. The van der Waals surface area contributed by atoms with Crippen LogP contribution in [0.25, 0.3) is 0 Å². The Morgan fingerprint density at radius 2 is 1.96 bits per heavy atom. The third-order valence-electron chi connectivity index (χ3n) is 3.79. The van der Waals surface area contributed by atoms with E-state index in [1.54, 1.807) is 25.4 Å². The third kappa shape index (κ3) is 4.85. The number of amides is 2. The second kappa shape index (κ2) is 8.36. The molecule has 0 bridgehead atoms. The Morgan fingerprint density at radius 1 is 1.28 bits per heavy atom. The maximum Gasteiger partial charge on any atom is 0.247 e. The van der Waals surface area contributed by atoms with Crippen molar-refractivity contribution in [3.63, 3.8) is 0 Å². The monoisotopic (exact) mass is 350 g/mol. The van der Waals surface area contributed by atoms with Gasteiger partial charge in [-0.05, 0) is 31.5 Å². The highest BCUT2D eigenvalue weighted by molar-refractivity contribution is 5.86. The summed E-state index contributed by atoms with van der Waals surface area (Å²) in [6, 6.07) is 4.80. The summed E-state index contributed by atoms with van der Waals surface area (Å²) >= 11 is 0. The number of carbonyl (C=O) groups excluding carboxylic acids is 2. The van der Waals surface area contributed by atoms with E-state index in [9.17, 15) is 18.4 Å². The summed E-state index contributed by atoms with van der Waals surface area (Å²) < 4.78 is 28.5. The molecule has 0 saturated carbocycles. The first kappa shape index (κ1) is 18.6. The van der Waals surface area contributed by atoms with Gasteiger partial charge in [-0.1, -0.05) is 6.07 Å². The average molecular weight is 350 g/mol. The molecule has 2 rings (SSSR count). The molecule has 2 amide bonds. The molecular weight excluding hydrogens is 330 g/mol. The van der Waals surface area contributed by atoms with Crippen LogP contribution in [0.3, 0.4) is 0 Å². The van der Waals surface area contributed by atoms with Crippen molar-refractivity contribution in [2.75, 3.05) is 20.1 Å². The summed E-state index contributed by atoms with van der Waals surface area (Å²) in [5, 5.41) is 6.55. The molecule has 1 unspecified atom stereocenters. The van der Waals surface area contributed by atoms with Crippen LogP contribution < -0.4 is 5.32 Å². The third-order valence-corrected chi connectivity index (χ3v) is 3.79. The molecule has 1 heterocycles. The molecule has 0 radical (unpaired) electrons. The molecule has 0 aliphatic heterocycles. The maximum absolute atomic E-state index is 13.5. The largest absolute Gasteiger partial charge is 0.354 e. The van der Waals surface area contributed by atoms with Gasteiger partial charge in [0.2, 0.25) is 11.8 Å². The van der Waals surface area contributed by atoms with Gasteiger partial charge >= 0.3 is 0 Å². The van der Waals surface area contributed by atoms with E-state index in [1.165, 1.54) is 34.8 Å². The molecule has 134 valence electrons. The highest BCUT2D eigenvalue weighted by atomic mass is 19.1. The van der Waals surface area contributed by atoms with Gasteiger partial charge in [-0.3, -0.25) is 14.3 Å². The van der Waals surface area contributed by atoms with Crippen molar-refractivity contribution in [3.8, 4) is 0 Å². The lowest BCUT2D eigenvalue weighted by molar-refractivity contribution is -0.137. The van der Waals surface area contributed by atoms with E-state index in [4.69, 9.17) is 0 Å². The normalized spacial score (nSPS) is 11.8. The predicted octanol–water partition coefficient (Wildman–Crippen LogP) is 1.54. The van der Waals surface area contributed by atoms with E-state index in [2.05, 4.69) is 10.4 Å². The van der Waals surface area contributed by atoms with Crippen LogP contribution in [0.5, 0.6) is 0 Å². The zero-order valence-corrected chi connectivity index (χ0v) is 14.1. The number of hydrogen-bond acceptors (Lipinski definition) is 3. The Balaban J connectivity index is 1.80. The Bertz CT molecular complexity index is 714. The minimum Gasteiger partial charge on any atom is -0.354 e. The number of benzene rings is 1. The Hall–Kier alpha value is -2.77. The number of nitrogens with one attached hydrogen (secondary N) is 1. The van der Waals surface area contributed by atoms with Gasteiger partial charge in [0.05, 0.1) is 6.54 Å². The van der Waals surface area contributed by atoms with E-state index in [0.29, 0.717) is 0 Å². The number of aromatic nitrogens is 2. The molecule has 0 spiro atoms. The van der Waals surface area contributed by atoms with E-state index in [-0.39, 0.29) is 31.0 Å². The zero-order valence-electron chi connectivity index (χ0n) is 14.1. The topological polar surface area (TPSA) is 67.2 Å². The van der Waals surface area contributed by atoms with Crippen molar-refractivity contribution in [1.29, 1.82) is 0 Å². The Morgan fingerprint density at radius 3 is 2.56 bits per heavy atom. The highest BCUT2D eigenvalue weighted by Crippen LogP contribution is 2.12. The number of rotatable bonds is 7. The average Bonchev–Trinajstić information content (AvgIpc) is 3.10. The fourth-order valence-corrected chi connectivity index (χ4v) is 2.39. The van der Waals surface area contributed by atoms with Crippen LogP contribution in [-0.4, -0.2) is 46.6 Å². The smallest absolute Gasteiger partial charge is 0.247 e. The van der Waals surface area contributed by atoms with Gasteiger partial charge in [-0.2, -0.15) is 5.10 Å². The quantitative estimate of drug-likeness (QED) is 0.824. The minimum atomic E-state index is -0.644. The Labute approximate surface area is 144 Å². The van der Waals surface area contributed by atoms with Gasteiger partial charge in [0.25, 0.3) is 0 Å². The number of nitrogens with zero attached hydrogens (tertiary/aromatic N) is 3. The van der Waals surface area contributed by atoms with E-state index in [1.807, 2.05) is 0 Å². The molecule has 1 N–H and O–H groups in total. The van der Waals surface area contributed by atoms with Crippen molar-refractivity contribution in [2.45, 2.75) is 19.4 Å². The molecular formula is C17H20F2N4O2. The van der Waals surface area contributed by atoms with Crippen molar-refractivity contribution < 1.29 is 18.4 Å². The van der Waals surface area contributed by atoms with Gasteiger partial charge in [-0.15, -0.1) is 0 Å².